The summed E-state index contributed by atoms with van der Waals surface area (Å²) < 4.78 is 5.65. The Balaban J connectivity index is 1.73. The van der Waals surface area contributed by atoms with Gasteiger partial charge < -0.3 is 15.1 Å². The number of amides is 3. The van der Waals surface area contributed by atoms with Gasteiger partial charge in [-0.1, -0.05) is 0 Å². The van der Waals surface area contributed by atoms with Gasteiger partial charge in [0.25, 0.3) is 5.91 Å². The molecule has 4 heterocycles. The molecule has 2 aliphatic heterocycles. The number of aromatic nitrogens is 1. The Hall–Kier alpha value is -2.90. The second-order valence-corrected chi connectivity index (χ2v) is 4.81. The smallest absolute Gasteiger partial charge is 0.322 e. The molecule has 0 aliphatic carbocycles. The predicted molar refractivity (Wildman–Crippen MR) is 72.8 cm³/mol. The van der Waals surface area contributed by atoms with Crippen molar-refractivity contribution in [1.29, 1.82) is 0 Å². The standard InChI is InChI=1S/C13H11N5O3/c19-12-10(17-13(20)18-12)9-4-7-8(21-9)3-6(5-16-7)11-14-1-2-15-11/h3-5,10H,1-2H2,(H,14,15)(H2,17,18,19,20). The Morgan fingerprint density at radius 1 is 1.29 bits per heavy atom. The first-order valence-corrected chi connectivity index (χ1v) is 6.50. The Morgan fingerprint density at radius 3 is 2.90 bits per heavy atom. The highest BCUT2D eigenvalue weighted by molar-refractivity contribution is 6.05. The van der Waals surface area contributed by atoms with Crippen molar-refractivity contribution < 1.29 is 14.0 Å². The first-order chi connectivity index (χ1) is 10.2. The van der Waals surface area contributed by atoms with Crippen molar-refractivity contribution in [3.8, 4) is 0 Å². The molecule has 0 bridgehead atoms. The zero-order chi connectivity index (χ0) is 14.4. The number of hydrogen-bond donors (Lipinski definition) is 3. The van der Waals surface area contributed by atoms with Gasteiger partial charge in [-0.2, -0.15) is 0 Å². The summed E-state index contributed by atoms with van der Waals surface area (Å²) in [5.74, 6) is 0.717. The molecule has 2 aromatic heterocycles. The summed E-state index contributed by atoms with van der Waals surface area (Å²) in [7, 11) is 0. The minimum atomic E-state index is -0.808. The van der Waals surface area contributed by atoms with Crippen LogP contribution >= 0.6 is 0 Å². The molecular formula is C13H11N5O3. The first-order valence-electron chi connectivity index (χ1n) is 6.50. The lowest BCUT2D eigenvalue weighted by atomic mass is 10.2. The topological polar surface area (TPSA) is 109 Å². The average molecular weight is 285 g/mol. The number of amidine groups is 1. The van der Waals surface area contributed by atoms with Crippen LogP contribution in [0.2, 0.25) is 0 Å². The molecule has 3 amide bonds. The van der Waals surface area contributed by atoms with E-state index in [0.29, 0.717) is 16.9 Å². The third kappa shape index (κ3) is 1.92. The molecule has 1 saturated heterocycles. The van der Waals surface area contributed by atoms with E-state index < -0.39 is 18.0 Å². The fourth-order valence-corrected chi connectivity index (χ4v) is 2.42. The lowest BCUT2D eigenvalue weighted by molar-refractivity contribution is -0.120. The molecule has 1 unspecified atom stereocenters. The van der Waals surface area contributed by atoms with Crippen LogP contribution in [0, 0.1) is 0 Å². The quantitative estimate of drug-likeness (QED) is 0.676. The Bertz CT molecular complexity index is 794. The second kappa shape index (κ2) is 4.30. The number of pyridine rings is 1. The Kier molecular flexibility index (Phi) is 2.44. The minimum absolute atomic E-state index is 0.360. The molecule has 21 heavy (non-hydrogen) atoms. The molecule has 1 fully saturated rings. The van der Waals surface area contributed by atoms with Gasteiger partial charge in [0.1, 0.15) is 17.1 Å². The van der Waals surface area contributed by atoms with Crippen molar-refractivity contribution >= 4 is 28.9 Å². The zero-order valence-electron chi connectivity index (χ0n) is 10.8. The van der Waals surface area contributed by atoms with Gasteiger partial charge in [-0.15, -0.1) is 0 Å². The van der Waals surface area contributed by atoms with E-state index in [1.807, 2.05) is 6.07 Å². The largest absolute Gasteiger partial charge is 0.457 e. The molecule has 0 saturated carbocycles. The number of fused-ring (bicyclic) bond motifs is 1. The van der Waals surface area contributed by atoms with Crippen LogP contribution < -0.4 is 16.0 Å². The summed E-state index contributed by atoms with van der Waals surface area (Å²) in [4.78, 5) is 31.4. The van der Waals surface area contributed by atoms with E-state index in [0.717, 1.165) is 24.5 Å². The summed E-state index contributed by atoms with van der Waals surface area (Å²) in [5, 5.41) is 7.82. The van der Waals surface area contributed by atoms with E-state index in [1.54, 1.807) is 12.3 Å². The van der Waals surface area contributed by atoms with Gasteiger partial charge in [0.15, 0.2) is 11.6 Å². The van der Waals surface area contributed by atoms with Gasteiger partial charge in [-0.05, 0) is 6.07 Å². The van der Waals surface area contributed by atoms with E-state index in [4.69, 9.17) is 4.42 Å². The maximum Gasteiger partial charge on any atom is 0.322 e. The summed E-state index contributed by atoms with van der Waals surface area (Å²) >= 11 is 0. The summed E-state index contributed by atoms with van der Waals surface area (Å²) in [5.41, 5.74) is 2.01. The Morgan fingerprint density at radius 2 is 2.19 bits per heavy atom. The summed E-state index contributed by atoms with van der Waals surface area (Å²) in [6, 6.07) is 2.14. The van der Waals surface area contributed by atoms with Crippen molar-refractivity contribution in [2.24, 2.45) is 4.99 Å². The van der Waals surface area contributed by atoms with Crippen LogP contribution in [0.1, 0.15) is 17.4 Å². The average Bonchev–Trinajstić information content (AvgIpc) is 3.16. The minimum Gasteiger partial charge on any atom is -0.457 e. The number of carbonyl (C=O) groups is 2. The molecule has 0 spiro atoms. The van der Waals surface area contributed by atoms with E-state index >= 15 is 0 Å². The van der Waals surface area contributed by atoms with Gasteiger partial charge in [0.2, 0.25) is 0 Å². The highest BCUT2D eigenvalue weighted by Gasteiger charge is 2.33. The van der Waals surface area contributed by atoms with Crippen LogP contribution in [0.15, 0.2) is 27.7 Å². The molecular weight excluding hydrogens is 274 g/mol. The summed E-state index contributed by atoms with van der Waals surface area (Å²) in [6.07, 6.45) is 1.70. The van der Waals surface area contributed by atoms with E-state index in [-0.39, 0.29) is 0 Å². The second-order valence-electron chi connectivity index (χ2n) is 4.81. The van der Waals surface area contributed by atoms with Crippen LogP contribution in [-0.4, -0.2) is 35.8 Å². The molecule has 0 radical (unpaired) electrons. The SMILES string of the molecule is O=C1NC(=O)C(c2cc3ncc(C4=NCCN4)cc3o2)N1. The molecule has 8 heteroatoms. The first kappa shape index (κ1) is 11.9. The number of aliphatic imine (C=N–C) groups is 1. The summed E-state index contributed by atoms with van der Waals surface area (Å²) in [6.45, 7) is 1.55. The van der Waals surface area contributed by atoms with Gasteiger partial charge in [-0.25, -0.2) is 4.79 Å². The lowest BCUT2D eigenvalue weighted by Gasteiger charge is -2.01. The van der Waals surface area contributed by atoms with E-state index in [1.165, 1.54) is 0 Å². The van der Waals surface area contributed by atoms with Crippen molar-refractivity contribution in [2.75, 3.05) is 13.1 Å². The third-order valence-corrected chi connectivity index (χ3v) is 3.40. The molecule has 4 rings (SSSR count). The monoisotopic (exact) mass is 285 g/mol. The van der Waals surface area contributed by atoms with Crippen LogP contribution in [0.4, 0.5) is 4.79 Å². The normalized spacial score (nSPS) is 21.1. The van der Waals surface area contributed by atoms with Crippen LogP contribution in [0.3, 0.4) is 0 Å². The molecule has 8 nitrogen and oxygen atoms in total. The van der Waals surface area contributed by atoms with Crippen LogP contribution in [0.25, 0.3) is 11.1 Å². The third-order valence-electron chi connectivity index (χ3n) is 3.40. The predicted octanol–water partition coefficient (Wildman–Crippen LogP) is 0.0581. The van der Waals surface area contributed by atoms with Crippen molar-refractivity contribution in [2.45, 2.75) is 6.04 Å². The highest BCUT2D eigenvalue weighted by atomic mass is 16.3. The van der Waals surface area contributed by atoms with Crippen LogP contribution in [0.5, 0.6) is 0 Å². The molecule has 0 aromatic carbocycles. The Labute approximate surface area is 118 Å². The number of carbonyl (C=O) groups excluding carboxylic acids is 2. The zero-order valence-corrected chi connectivity index (χ0v) is 10.8. The number of furan rings is 1. The maximum atomic E-state index is 11.6. The van der Waals surface area contributed by atoms with E-state index in [2.05, 4.69) is 25.9 Å². The van der Waals surface area contributed by atoms with Crippen LogP contribution in [-0.2, 0) is 4.79 Å². The molecule has 2 aliphatic rings. The van der Waals surface area contributed by atoms with Crippen molar-refractivity contribution in [1.82, 2.24) is 20.9 Å². The molecule has 3 N–H and O–H groups in total. The number of imide groups is 1. The van der Waals surface area contributed by atoms with E-state index in [9.17, 15) is 9.59 Å². The number of hydrogen-bond acceptors (Lipinski definition) is 6. The molecule has 1 atom stereocenters. The number of nitrogens with zero attached hydrogens (tertiary/aromatic N) is 2. The fraction of sp³-hybridized carbons (Fsp3) is 0.231. The number of nitrogens with one attached hydrogen (secondary N) is 3. The molecule has 106 valence electrons. The molecule has 2 aromatic rings. The van der Waals surface area contributed by atoms with Gasteiger partial charge in [0.05, 0.1) is 6.54 Å². The van der Waals surface area contributed by atoms with Gasteiger partial charge >= 0.3 is 6.03 Å². The highest BCUT2D eigenvalue weighted by Crippen LogP contribution is 2.25. The number of urea groups is 1. The maximum absolute atomic E-state index is 11.6. The fourth-order valence-electron chi connectivity index (χ4n) is 2.42. The van der Waals surface area contributed by atoms with Crippen molar-refractivity contribution in [3.05, 3.63) is 29.7 Å². The van der Waals surface area contributed by atoms with Crippen molar-refractivity contribution in [3.63, 3.8) is 0 Å². The lowest BCUT2D eigenvalue weighted by Crippen LogP contribution is -2.22. The van der Waals surface area contributed by atoms with Gasteiger partial charge in [0, 0.05) is 24.4 Å². The van der Waals surface area contributed by atoms with Gasteiger partial charge in [-0.3, -0.25) is 20.1 Å². The number of rotatable bonds is 2.